The van der Waals surface area contributed by atoms with Gasteiger partial charge in [-0.1, -0.05) is 13.3 Å². The first-order chi connectivity index (χ1) is 7.65. The van der Waals surface area contributed by atoms with Crippen LogP contribution >= 0.6 is 0 Å². The second-order valence-electron chi connectivity index (χ2n) is 3.44. The molecule has 0 spiro atoms. The Hall–Kier alpha value is -1.69. The summed E-state index contributed by atoms with van der Waals surface area (Å²) in [7, 11) is 0. The van der Waals surface area contributed by atoms with Crippen LogP contribution in [0.2, 0.25) is 0 Å². The zero-order valence-corrected chi connectivity index (χ0v) is 9.18. The van der Waals surface area contributed by atoms with E-state index in [0.29, 0.717) is 6.42 Å². The van der Waals surface area contributed by atoms with Crippen molar-refractivity contribution in [3.8, 4) is 0 Å². The number of carbonyl (C=O) groups is 1. The van der Waals surface area contributed by atoms with Crippen molar-refractivity contribution >= 4 is 11.7 Å². The number of carbonyl (C=O) groups excluding carboxylic acids is 1. The van der Waals surface area contributed by atoms with Crippen LogP contribution in [0.4, 0.5) is 5.82 Å². The number of nitrogen functional groups attached to an aromatic ring is 1. The number of hydrogen-bond acceptors (Lipinski definition) is 5. The summed E-state index contributed by atoms with van der Waals surface area (Å²) in [5.41, 5.74) is 5.58. The molecular formula is C10H16N4O2. The summed E-state index contributed by atoms with van der Waals surface area (Å²) in [6, 6.07) is 0. The van der Waals surface area contributed by atoms with Gasteiger partial charge in [-0.3, -0.25) is 4.79 Å². The fourth-order valence-electron chi connectivity index (χ4n) is 1.25. The fourth-order valence-corrected chi connectivity index (χ4v) is 1.25. The van der Waals surface area contributed by atoms with Crippen molar-refractivity contribution in [2.75, 3.05) is 12.3 Å². The molecule has 1 amide bonds. The topological polar surface area (TPSA) is 101 Å². The highest BCUT2D eigenvalue weighted by molar-refractivity contribution is 5.96. The van der Waals surface area contributed by atoms with Crippen molar-refractivity contribution < 1.29 is 9.90 Å². The van der Waals surface area contributed by atoms with E-state index < -0.39 is 12.0 Å². The molecule has 88 valence electrons. The Bertz CT molecular complexity index is 356. The smallest absolute Gasteiger partial charge is 0.273 e. The Balaban J connectivity index is 2.50. The average molecular weight is 224 g/mol. The number of aliphatic hydroxyl groups excluding tert-OH is 1. The maximum Gasteiger partial charge on any atom is 0.273 e. The van der Waals surface area contributed by atoms with Gasteiger partial charge in [-0.2, -0.15) is 0 Å². The summed E-state index contributed by atoms with van der Waals surface area (Å²) in [4.78, 5) is 19.1. The molecule has 0 aliphatic carbocycles. The van der Waals surface area contributed by atoms with Gasteiger partial charge in [0.05, 0.1) is 6.10 Å². The highest BCUT2D eigenvalue weighted by atomic mass is 16.3. The molecule has 0 bridgehead atoms. The zero-order valence-electron chi connectivity index (χ0n) is 9.18. The molecule has 0 saturated carbocycles. The Morgan fingerprint density at radius 1 is 1.56 bits per heavy atom. The molecule has 1 heterocycles. The highest BCUT2D eigenvalue weighted by Crippen LogP contribution is 2.02. The van der Waals surface area contributed by atoms with E-state index in [4.69, 9.17) is 5.73 Å². The van der Waals surface area contributed by atoms with Crippen LogP contribution in [-0.4, -0.2) is 33.6 Å². The van der Waals surface area contributed by atoms with Gasteiger partial charge in [-0.05, 0) is 6.42 Å². The molecule has 0 aliphatic heterocycles. The van der Waals surface area contributed by atoms with Crippen LogP contribution in [0.3, 0.4) is 0 Å². The number of amides is 1. The molecule has 1 unspecified atom stereocenters. The number of nitrogens with one attached hydrogen (secondary N) is 1. The van der Waals surface area contributed by atoms with E-state index in [1.54, 1.807) is 0 Å². The maximum absolute atomic E-state index is 11.6. The largest absolute Gasteiger partial charge is 0.391 e. The second kappa shape index (κ2) is 6.02. The van der Waals surface area contributed by atoms with Crippen LogP contribution in [0.25, 0.3) is 0 Å². The van der Waals surface area contributed by atoms with Crippen LogP contribution < -0.4 is 11.1 Å². The predicted octanol–water partition coefficient (Wildman–Crippen LogP) is -0.0504. The number of aromatic nitrogens is 2. The van der Waals surface area contributed by atoms with Crippen LogP contribution in [-0.2, 0) is 0 Å². The van der Waals surface area contributed by atoms with Gasteiger partial charge in [-0.15, -0.1) is 0 Å². The third-order valence-corrected chi connectivity index (χ3v) is 2.06. The Labute approximate surface area is 93.9 Å². The lowest BCUT2D eigenvalue weighted by Crippen LogP contribution is -2.33. The normalized spacial score (nSPS) is 12.1. The molecule has 1 aromatic rings. The van der Waals surface area contributed by atoms with Gasteiger partial charge in [0.1, 0.15) is 0 Å². The lowest BCUT2D eigenvalue weighted by Gasteiger charge is -2.10. The van der Waals surface area contributed by atoms with Gasteiger partial charge in [-0.25, -0.2) is 9.97 Å². The van der Waals surface area contributed by atoms with Crippen molar-refractivity contribution in [2.24, 2.45) is 0 Å². The third-order valence-electron chi connectivity index (χ3n) is 2.06. The molecule has 1 atom stereocenters. The SMILES string of the molecule is CCCC(O)CNC(=O)c1nccnc1N. The first kappa shape index (κ1) is 12.4. The summed E-state index contributed by atoms with van der Waals surface area (Å²) in [6.07, 6.45) is 3.79. The monoisotopic (exact) mass is 224 g/mol. The molecule has 0 saturated heterocycles. The van der Waals surface area contributed by atoms with Gasteiger partial charge >= 0.3 is 0 Å². The molecule has 0 fully saturated rings. The zero-order chi connectivity index (χ0) is 12.0. The summed E-state index contributed by atoms with van der Waals surface area (Å²) in [5.74, 6) is -0.328. The summed E-state index contributed by atoms with van der Waals surface area (Å²) in [6.45, 7) is 2.16. The van der Waals surface area contributed by atoms with E-state index in [-0.39, 0.29) is 18.1 Å². The van der Waals surface area contributed by atoms with Crippen molar-refractivity contribution in [3.63, 3.8) is 0 Å². The van der Waals surface area contributed by atoms with E-state index in [0.717, 1.165) is 6.42 Å². The van der Waals surface area contributed by atoms with E-state index >= 15 is 0 Å². The number of nitrogens with two attached hydrogens (primary N) is 1. The van der Waals surface area contributed by atoms with Crippen molar-refractivity contribution in [3.05, 3.63) is 18.1 Å². The molecular weight excluding hydrogens is 208 g/mol. The van der Waals surface area contributed by atoms with Crippen LogP contribution in [0.15, 0.2) is 12.4 Å². The molecule has 0 aliphatic rings. The summed E-state index contributed by atoms with van der Waals surface area (Å²) in [5, 5.41) is 12.0. The van der Waals surface area contributed by atoms with Gasteiger partial charge in [0.2, 0.25) is 0 Å². The van der Waals surface area contributed by atoms with Gasteiger partial charge in [0.25, 0.3) is 5.91 Å². The molecule has 0 radical (unpaired) electrons. The Kier molecular flexibility index (Phi) is 4.65. The summed E-state index contributed by atoms with van der Waals surface area (Å²) < 4.78 is 0. The molecule has 1 rings (SSSR count). The molecule has 4 N–H and O–H groups in total. The lowest BCUT2D eigenvalue weighted by molar-refractivity contribution is 0.0906. The standard InChI is InChI=1S/C10H16N4O2/c1-2-3-7(15)6-14-10(16)8-9(11)13-5-4-12-8/h4-5,7,15H,2-3,6H2,1H3,(H2,11,13)(H,14,16). The minimum atomic E-state index is -0.535. The Morgan fingerprint density at radius 3 is 2.88 bits per heavy atom. The van der Waals surface area contributed by atoms with Crippen molar-refractivity contribution in [1.82, 2.24) is 15.3 Å². The van der Waals surface area contributed by atoms with Crippen molar-refractivity contribution in [1.29, 1.82) is 0 Å². The van der Waals surface area contributed by atoms with Crippen LogP contribution in [0.1, 0.15) is 30.3 Å². The molecule has 16 heavy (non-hydrogen) atoms. The quantitative estimate of drug-likeness (QED) is 0.651. The lowest BCUT2D eigenvalue weighted by atomic mass is 10.2. The van der Waals surface area contributed by atoms with E-state index in [1.807, 2.05) is 6.92 Å². The summed E-state index contributed by atoms with van der Waals surface area (Å²) >= 11 is 0. The minimum absolute atomic E-state index is 0.0879. The number of anilines is 1. The molecule has 6 nitrogen and oxygen atoms in total. The number of hydrogen-bond donors (Lipinski definition) is 3. The van der Waals surface area contributed by atoms with E-state index in [2.05, 4.69) is 15.3 Å². The fraction of sp³-hybridized carbons (Fsp3) is 0.500. The number of rotatable bonds is 5. The van der Waals surface area contributed by atoms with Gasteiger partial charge in [0.15, 0.2) is 11.5 Å². The maximum atomic E-state index is 11.6. The minimum Gasteiger partial charge on any atom is -0.391 e. The third kappa shape index (κ3) is 3.47. The Morgan fingerprint density at radius 2 is 2.25 bits per heavy atom. The van der Waals surface area contributed by atoms with Crippen LogP contribution in [0, 0.1) is 0 Å². The number of aliphatic hydroxyl groups is 1. The first-order valence-corrected chi connectivity index (χ1v) is 5.18. The van der Waals surface area contributed by atoms with Gasteiger partial charge in [0, 0.05) is 18.9 Å². The molecule has 6 heteroatoms. The predicted molar refractivity (Wildman–Crippen MR) is 59.7 cm³/mol. The second-order valence-corrected chi connectivity index (χ2v) is 3.44. The average Bonchev–Trinajstić information content (AvgIpc) is 2.27. The molecule has 1 aromatic heterocycles. The number of nitrogens with zero attached hydrogens (tertiary/aromatic N) is 2. The van der Waals surface area contributed by atoms with E-state index in [1.165, 1.54) is 12.4 Å². The molecule has 0 aromatic carbocycles. The van der Waals surface area contributed by atoms with Crippen LogP contribution in [0.5, 0.6) is 0 Å². The van der Waals surface area contributed by atoms with Gasteiger partial charge < -0.3 is 16.2 Å². The first-order valence-electron chi connectivity index (χ1n) is 5.18. The van der Waals surface area contributed by atoms with E-state index in [9.17, 15) is 9.90 Å². The highest BCUT2D eigenvalue weighted by Gasteiger charge is 2.12. The van der Waals surface area contributed by atoms with Crippen molar-refractivity contribution in [2.45, 2.75) is 25.9 Å².